The molecule has 3 aromatic rings. The number of hydrogen-bond acceptors (Lipinski definition) is 6. The van der Waals surface area contributed by atoms with E-state index in [4.69, 9.17) is 9.47 Å². The lowest BCUT2D eigenvalue weighted by Gasteiger charge is -2.08. The first-order valence-corrected chi connectivity index (χ1v) is 10.3. The van der Waals surface area contributed by atoms with Gasteiger partial charge in [-0.05, 0) is 52.0 Å². The SMILES string of the molecule is CCOC(=O)Cn1c(=NC(=O)c2ccnn2C(C)C)sc2cc(OCC)ccc21. The molecule has 0 spiro atoms. The molecule has 8 nitrogen and oxygen atoms in total. The van der Waals surface area contributed by atoms with E-state index >= 15 is 0 Å². The molecule has 0 saturated carbocycles. The standard InChI is InChI=1S/C20H24N4O4S/c1-5-27-14-7-8-15-17(11-14)29-20(23(15)12-18(25)28-6-2)22-19(26)16-9-10-21-24(16)13(3)4/h7-11,13H,5-6,12H2,1-4H3. The molecule has 0 saturated heterocycles. The van der Waals surface area contributed by atoms with Crippen molar-refractivity contribution in [1.82, 2.24) is 14.3 Å². The zero-order valence-electron chi connectivity index (χ0n) is 16.9. The van der Waals surface area contributed by atoms with Crippen LogP contribution in [-0.4, -0.2) is 39.4 Å². The van der Waals surface area contributed by atoms with Crippen molar-refractivity contribution in [2.75, 3.05) is 13.2 Å². The number of amides is 1. The van der Waals surface area contributed by atoms with Crippen molar-refractivity contribution in [3.63, 3.8) is 0 Å². The molecule has 29 heavy (non-hydrogen) atoms. The highest BCUT2D eigenvalue weighted by Gasteiger charge is 2.16. The van der Waals surface area contributed by atoms with Crippen LogP contribution in [0.2, 0.25) is 0 Å². The fourth-order valence-corrected chi connectivity index (χ4v) is 3.98. The zero-order valence-corrected chi connectivity index (χ0v) is 17.7. The van der Waals surface area contributed by atoms with E-state index in [9.17, 15) is 9.59 Å². The second-order valence-corrected chi connectivity index (χ2v) is 7.52. The Hall–Kier alpha value is -2.94. The Morgan fingerprint density at radius 3 is 2.69 bits per heavy atom. The third-order valence-corrected chi connectivity index (χ3v) is 5.17. The Morgan fingerprint density at radius 2 is 2.00 bits per heavy atom. The van der Waals surface area contributed by atoms with Gasteiger partial charge in [0.1, 0.15) is 18.0 Å². The van der Waals surface area contributed by atoms with Gasteiger partial charge in [-0.3, -0.25) is 14.3 Å². The maximum atomic E-state index is 12.8. The molecule has 0 atom stereocenters. The smallest absolute Gasteiger partial charge is 0.326 e. The average molecular weight is 417 g/mol. The summed E-state index contributed by atoms with van der Waals surface area (Å²) in [6.45, 7) is 8.36. The van der Waals surface area contributed by atoms with Gasteiger partial charge in [-0.15, -0.1) is 0 Å². The quantitative estimate of drug-likeness (QED) is 0.552. The molecular weight excluding hydrogens is 392 g/mol. The van der Waals surface area contributed by atoms with Crippen LogP contribution < -0.4 is 9.54 Å². The summed E-state index contributed by atoms with van der Waals surface area (Å²) >= 11 is 1.32. The number of benzene rings is 1. The summed E-state index contributed by atoms with van der Waals surface area (Å²) in [5, 5.41) is 4.19. The Kier molecular flexibility index (Phi) is 6.48. The van der Waals surface area contributed by atoms with E-state index in [1.165, 1.54) is 11.3 Å². The topological polar surface area (TPSA) is 87.7 Å². The van der Waals surface area contributed by atoms with Gasteiger partial charge in [-0.2, -0.15) is 10.1 Å². The lowest BCUT2D eigenvalue weighted by atomic mass is 10.3. The van der Waals surface area contributed by atoms with Crippen molar-refractivity contribution in [1.29, 1.82) is 0 Å². The fraction of sp³-hybridized carbons (Fsp3) is 0.400. The predicted molar refractivity (Wildman–Crippen MR) is 110 cm³/mol. The van der Waals surface area contributed by atoms with Crippen LogP contribution in [0.25, 0.3) is 10.2 Å². The molecule has 0 radical (unpaired) electrons. The summed E-state index contributed by atoms with van der Waals surface area (Å²) in [5.74, 6) is -0.0760. The van der Waals surface area contributed by atoms with Crippen molar-refractivity contribution in [3.05, 3.63) is 41.0 Å². The Balaban J connectivity index is 2.10. The van der Waals surface area contributed by atoms with E-state index in [0.717, 1.165) is 16.0 Å². The monoisotopic (exact) mass is 416 g/mol. The average Bonchev–Trinajstić information content (AvgIpc) is 3.28. The first-order chi connectivity index (χ1) is 13.9. The second-order valence-electron chi connectivity index (χ2n) is 6.51. The summed E-state index contributed by atoms with van der Waals surface area (Å²) in [4.78, 5) is 29.7. The molecule has 0 bridgehead atoms. The third-order valence-electron chi connectivity index (χ3n) is 4.13. The van der Waals surface area contributed by atoms with Crippen LogP contribution in [0.1, 0.15) is 44.2 Å². The lowest BCUT2D eigenvalue weighted by molar-refractivity contribution is -0.143. The van der Waals surface area contributed by atoms with Crippen LogP contribution >= 0.6 is 11.3 Å². The summed E-state index contributed by atoms with van der Waals surface area (Å²) in [6.07, 6.45) is 1.58. The molecule has 154 valence electrons. The van der Waals surface area contributed by atoms with Gasteiger partial charge in [0.2, 0.25) is 0 Å². The van der Waals surface area contributed by atoms with E-state index in [1.807, 2.05) is 39.0 Å². The van der Waals surface area contributed by atoms with E-state index in [0.29, 0.717) is 17.1 Å². The van der Waals surface area contributed by atoms with Gasteiger partial charge in [-0.25, -0.2) is 0 Å². The maximum Gasteiger partial charge on any atom is 0.326 e. The van der Waals surface area contributed by atoms with Crippen LogP contribution in [0.3, 0.4) is 0 Å². The van der Waals surface area contributed by atoms with Crippen LogP contribution in [0.5, 0.6) is 5.75 Å². The van der Waals surface area contributed by atoms with Gasteiger partial charge in [0, 0.05) is 12.2 Å². The van der Waals surface area contributed by atoms with Crippen LogP contribution in [-0.2, 0) is 16.1 Å². The van der Waals surface area contributed by atoms with Crippen molar-refractivity contribution in [2.45, 2.75) is 40.3 Å². The largest absolute Gasteiger partial charge is 0.494 e. The molecule has 1 aromatic carbocycles. The van der Waals surface area contributed by atoms with Crippen molar-refractivity contribution >= 4 is 33.4 Å². The lowest BCUT2D eigenvalue weighted by Crippen LogP contribution is -2.23. The van der Waals surface area contributed by atoms with Gasteiger partial charge in [0.25, 0.3) is 5.91 Å². The minimum absolute atomic E-state index is 0.0296. The molecule has 0 unspecified atom stereocenters. The number of nitrogens with zero attached hydrogens (tertiary/aromatic N) is 4. The predicted octanol–water partition coefficient (Wildman–Crippen LogP) is 3.18. The van der Waals surface area contributed by atoms with E-state index < -0.39 is 5.91 Å². The summed E-state index contributed by atoms with van der Waals surface area (Å²) in [5.41, 5.74) is 1.19. The first-order valence-electron chi connectivity index (χ1n) is 9.49. The number of carbonyl (C=O) groups excluding carboxylic acids is 2. The second kappa shape index (κ2) is 9.04. The highest BCUT2D eigenvalue weighted by Crippen LogP contribution is 2.23. The number of rotatable bonds is 7. The molecule has 1 amide bonds. The van der Waals surface area contributed by atoms with Crippen LogP contribution in [0.4, 0.5) is 0 Å². The van der Waals surface area contributed by atoms with Gasteiger partial charge in [0.15, 0.2) is 4.80 Å². The van der Waals surface area contributed by atoms with E-state index in [1.54, 1.807) is 28.4 Å². The summed E-state index contributed by atoms with van der Waals surface area (Å²) in [7, 11) is 0. The molecule has 0 aliphatic heterocycles. The number of aromatic nitrogens is 3. The summed E-state index contributed by atoms with van der Waals surface area (Å²) in [6, 6.07) is 7.24. The normalized spacial score (nSPS) is 12.0. The van der Waals surface area contributed by atoms with Crippen LogP contribution in [0, 0.1) is 0 Å². The van der Waals surface area contributed by atoms with Gasteiger partial charge >= 0.3 is 5.97 Å². The van der Waals surface area contributed by atoms with Gasteiger partial charge in [0.05, 0.1) is 23.4 Å². The molecule has 2 heterocycles. The Bertz CT molecular complexity index is 1090. The Labute approximate surface area is 172 Å². The number of carbonyl (C=O) groups is 2. The first kappa shape index (κ1) is 20.8. The number of ether oxygens (including phenoxy) is 2. The third kappa shape index (κ3) is 4.56. The van der Waals surface area contributed by atoms with Crippen molar-refractivity contribution in [2.24, 2.45) is 4.99 Å². The maximum absolute atomic E-state index is 12.8. The van der Waals surface area contributed by atoms with E-state index in [-0.39, 0.29) is 25.2 Å². The Morgan fingerprint density at radius 1 is 1.21 bits per heavy atom. The molecule has 0 fully saturated rings. The molecule has 0 aliphatic rings. The van der Waals surface area contributed by atoms with Crippen molar-refractivity contribution < 1.29 is 19.1 Å². The number of hydrogen-bond donors (Lipinski definition) is 0. The van der Waals surface area contributed by atoms with Crippen LogP contribution in [0.15, 0.2) is 35.5 Å². The van der Waals surface area contributed by atoms with E-state index in [2.05, 4.69) is 10.1 Å². The highest BCUT2D eigenvalue weighted by molar-refractivity contribution is 7.16. The highest BCUT2D eigenvalue weighted by atomic mass is 32.1. The number of thiazole rings is 1. The molecular formula is C20H24N4O4S. The molecule has 0 N–H and O–H groups in total. The minimum Gasteiger partial charge on any atom is -0.494 e. The molecule has 9 heteroatoms. The summed E-state index contributed by atoms with van der Waals surface area (Å²) < 4.78 is 14.8. The molecule has 0 aliphatic carbocycles. The molecule has 2 aromatic heterocycles. The zero-order chi connectivity index (χ0) is 21.0. The molecule has 3 rings (SSSR count). The fourth-order valence-electron chi connectivity index (χ4n) is 2.92. The van der Waals surface area contributed by atoms with Gasteiger partial charge < -0.3 is 14.0 Å². The van der Waals surface area contributed by atoms with Crippen molar-refractivity contribution in [3.8, 4) is 5.75 Å². The number of esters is 1. The number of fused-ring (bicyclic) bond motifs is 1. The van der Waals surface area contributed by atoms with Gasteiger partial charge in [-0.1, -0.05) is 11.3 Å². The minimum atomic E-state index is -0.412.